The van der Waals surface area contributed by atoms with Gasteiger partial charge in [-0.1, -0.05) is 42.5 Å². The van der Waals surface area contributed by atoms with Gasteiger partial charge in [0.25, 0.3) is 0 Å². The minimum absolute atomic E-state index is 0.996. The number of benzene rings is 3. The molecule has 3 aromatic carbocycles. The van der Waals surface area contributed by atoms with E-state index in [1.807, 2.05) is 24.8 Å². The van der Waals surface area contributed by atoms with Gasteiger partial charge in [-0.3, -0.25) is 9.38 Å². The molecule has 0 aliphatic heterocycles. The van der Waals surface area contributed by atoms with Crippen molar-refractivity contribution in [3.8, 4) is 22.3 Å². The van der Waals surface area contributed by atoms with E-state index in [9.17, 15) is 0 Å². The monoisotopic (exact) mass is 395 g/mol. The van der Waals surface area contributed by atoms with Crippen LogP contribution in [0, 0.1) is 0 Å². The van der Waals surface area contributed by atoms with Crippen molar-refractivity contribution in [1.82, 2.24) is 14.4 Å². The maximum Gasteiger partial charge on any atom is 0.145 e. The third-order valence-corrected chi connectivity index (χ3v) is 7.17. The van der Waals surface area contributed by atoms with Gasteiger partial charge < -0.3 is 0 Å². The Bertz CT molecular complexity index is 1740. The lowest BCUT2D eigenvalue weighted by atomic mass is 9.93. The Hall–Kier alpha value is -3.98. The number of pyridine rings is 2. The maximum atomic E-state index is 4.70. The van der Waals surface area contributed by atoms with E-state index in [1.165, 1.54) is 60.7 Å². The van der Waals surface area contributed by atoms with Gasteiger partial charge >= 0.3 is 0 Å². The van der Waals surface area contributed by atoms with Gasteiger partial charge in [0.1, 0.15) is 5.65 Å². The first kappa shape index (κ1) is 15.8. The lowest BCUT2D eigenvalue weighted by Gasteiger charge is -2.13. The van der Waals surface area contributed by atoms with Gasteiger partial charge in [0.05, 0.1) is 11.7 Å². The van der Waals surface area contributed by atoms with Gasteiger partial charge in [-0.2, -0.15) is 0 Å². The SMILES string of the molecule is c1ccc2c(c1)Cc1cc3c(cc1-2)-c1c(ccc2c1c1ccncc1n1ccnc21)C3. The molecule has 2 aliphatic carbocycles. The Morgan fingerprint density at radius 1 is 0.710 bits per heavy atom. The fourth-order valence-corrected chi connectivity index (χ4v) is 5.87. The van der Waals surface area contributed by atoms with Crippen LogP contribution in [0.4, 0.5) is 0 Å². The molecule has 31 heavy (non-hydrogen) atoms. The maximum absolute atomic E-state index is 4.70. The van der Waals surface area contributed by atoms with Crippen LogP contribution in [0.5, 0.6) is 0 Å². The minimum atomic E-state index is 0.996. The molecule has 3 heteroatoms. The van der Waals surface area contributed by atoms with Gasteiger partial charge in [-0.05, 0) is 69.5 Å². The highest BCUT2D eigenvalue weighted by molar-refractivity contribution is 6.19. The van der Waals surface area contributed by atoms with Crippen molar-refractivity contribution < 1.29 is 0 Å². The summed E-state index contributed by atoms with van der Waals surface area (Å²) in [6.45, 7) is 0. The first-order valence-corrected chi connectivity index (χ1v) is 10.8. The van der Waals surface area contributed by atoms with E-state index in [1.54, 1.807) is 0 Å². The van der Waals surface area contributed by atoms with E-state index in [2.05, 4.69) is 64.0 Å². The van der Waals surface area contributed by atoms with Crippen molar-refractivity contribution in [3.63, 3.8) is 0 Å². The second kappa shape index (κ2) is 5.38. The molecule has 0 fully saturated rings. The second-order valence-corrected chi connectivity index (χ2v) is 8.71. The Labute approximate surface area is 178 Å². The van der Waals surface area contributed by atoms with E-state index in [-0.39, 0.29) is 0 Å². The van der Waals surface area contributed by atoms with Crippen LogP contribution in [-0.2, 0) is 12.8 Å². The summed E-state index contributed by atoms with van der Waals surface area (Å²) in [6.07, 6.45) is 9.81. The molecule has 0 radical (unpaired) electrons. The number of imidazole rings is 1. The second-order valence-electron chi connectivity index (χ2n) is 8.71. The number of hydrogen-bond donors (Lipinski definition) is 0. The third-order valence-electron chi connectivity index (χ3n) is 7.17. The molecular weight excluding hydrogens is 378 g/mol. The summed E-state index contributed by atoms with van der Waals surface area (Å²) in [6, 6.07) is 20.4. The van der Waals surface area contributed by atoms with Gasteiger partial charge in [0.15, 0.2) is 0 Å². The summed E-state index contributed by atoms with van der Waals surface area (Å²) in [4.78, 5) is 9.11. The predicted molar refractivity (Wildman–Crippen MR) is 124 cm³/mol. The Balaban J connectivity index is 1.54. The standard InChI is InChI=1S/C28H17N3/c1-2-4-20-16(3-1)11-18-13-19-12-17-5-6-22-27(26(17)24(19)14-23(18)20)21-7-8-29-15-25(21)31-10-9-30-28(22)31/h1-10,13-15H,11-12H2. The molecule has 2 aliphatic rings. The quantitative estimate of drug-likeness (QED) is 0.287. The average Bonchev–Trinajstić information content (AvgIpc) is 3.52. The van der Waals surface area contributed by atoms with Crippen LogP contribution in [0.15, 0.2) is 79.4 Å². The first-order chi connectivity index (χ1) is 15.4. The molecule has 0 amide bonds. The fourth-order valence-electron chi connectivity index (χ4n) is 5.87. The summed E-state index contributed by atoms with van der Waals surface area (Å²) < 4.78 is 2.16. The highest BCUT2D eigenvalue weighted by Crippen LogP contribution is 2.48. The molecule has 0 N–H and O–H groups in total. The molecule has 3 aromatic heterocycles. The fraction of sp³-hybridized carbons (Fsp3) is 0.0714. The highest BCUT2D eigenvalue weighted by atomic mass is 15.0. The molecule has 0 saturated carbocycles. The summed E-state index contributed by atoms with van der Waals surface area (Å²) in [5.41, 5.74) is 13.4. The molecule has 0 bridgehead atoms. The average molecular weight is 395 g/mol. The van der Waals surface area contributed by atoms with Gasteiger partial charge in [-0.15, -0.1) is 0 Å². The van der Waals surface area contributed by atoms with Crippen LogP contribution >= 0.6 is 0 Å². The van der Waals surface area contributed by atoms with Crippen LogP contribution in [0.1, 0.15) is 22.3 Å². The number of rotatable bonds is 0. The number of fused-ring (bicyclic) bond motifs is 13. The Morgan fingerprint density at radius 2 is 1.61 bits per heavy atom. The van der Waals surface area contributed by atoms with E-state index in [0.29, 0.717) is 0 Å². The molecule has 144 valence electrons. The van der Waals surface area contributed by atoms with Crippen LogP contribution in [0.25, 0.3) is 49.6 Å². The van der Waals surface area contributed by atoms with E-state index < -0.39 is 0 Å². The van der Waals surface area contributed by atoms with Crippen molar-refractivity contribution in [2.45, 2.75) is 12.8 Å². The summed E-state index contributed by atoms with van der Waals surface area (Å²) >= 11 is 0. The third kappa shape index (κ3) is 1.89. The number of nitrogens with zero attached hydrogens (tertiary/aromatic N) is 3. The molecule has 3 heterocycles. The van der Waals surface area contributed by atoms with Gasteiger partial charge in [0.2, 0.25) is 0 Å². The predicted octanol–water partition coefficient (Wildman–Crippen LogP) is 6.18. The molecule has 0 spiro atoms. The molecule has 6 aromatic rings. The molecule has 0 atom stereocenters. The Kier molecular flexibility index (Phi) is 2.74. The van der Waals surface area contributed by atoms with E-state index in [4.69, 9.17) is 4.98 Å². The molecule has 8 rings (SSSR count). The van der Waals surface area contributed by atoms with Crippen LogP contribution in [-0.4, -0.2) is 14.4 Å². The molecule has 0 unspecified atom stereocenters. The largest absolute Gasteiger partial charge is 0.298 e. The zero-order valence-corrected chi connectivity index (χ0v) is 16.8. The topological polar surface area (TPSA) is 30.2 Å². The smallest absolute Gasteiger partial charge is 0.145 e. The number of aromatic nitrogens is 3. The lowest BCUT2D eigenvalue weighted by Crippen LogP contribution is -1.93. The summed E-state index contributed by atoms with van der Waals surface area (Å²) in [5, 5.41) is 3.75. The normalized spacial score (nSPS) is 13.5. The van der Waals surface area contributed by atoms with E-state index >= 15 is 0 Å². The molecular formula is C28H17N3. The zero-order valence-electron chi connectivity index (χ0n) is 16.8. The van der Waals surface area contributed by atoms with Gasteiger partial charge in [0, 0.05) is 34.7 Å². The lowest BCUT2D eigenvalue weighted by molar-refractivity contribution is 1.21. The van der Waals surface area contributed by atoms with Crippen LogP contribution in [0.2, 0.25) is 0 Å². The minimum Gasteiger partial charge on any atom is -0.298 e. The van der Waals surface area contributed by atoms with Crippen LogP contribution < -0.4 is 0 Å². The van der Waals surface area contributed by atoms with Crippen molar-refractivity contribution in [2.75, 3.05) is 0 Å². The van der Waals surface area contributed by atoms with Crippen LogP contribution in [0.3, 0.4) is 0 Å². The van der Waals surface area contributed by atoms with Crippen molar-refractivity contribution in [1.29, 1.82) is 0 Å². The highest BCUT2D eigenvalue weighted by Gasteiger charge is 2.27. The van der Waals surface area contributed by atoms with Crippen molar-refractivity contribution in [2.24, 2.45) is 0 Å². The van der Waals surface area contributed by atoms with Crippen molar-refractivity contribution >= 4 is 27.3 Å². The van der Waals surface area contributed by atoms with E-state index in [0.717, 1.165) is 24.0 Å². The van der Waals surface area contributed by atoms with Gasteiger partial charge in [-0.25, -0.2) is 4.98 Å². The number of hydrogen-bond acceptors (Lipinski definition) is 2. The zero-order chi connectivity index (χ0) is 20.1. The first-order valence-electron chi connectivity index (χ1n) is 10.8. The summed E-state index contributed by atoms with van der Waals surface area (Å²) in [7, 11) is 0. The molecule has 3 nitrogen and oxygen atoms in total. The Morgan fingerprint density at radius 3 is 2.61 bits per heavy atom. The van der Waals surface area contributed by atoms with Crippen molar-refractivity contribution in [3.05, 3.63) is 102 Å². The summed E-state index contributed by atoms with van der Waals surface area (Å²) in [5.74, 6) is 0. The molecule has 0 saturated heterocycles.